The van der Waals surface area contributed by atoms with Crippen molar-refractivity contribution in [2.75, 3.05) is 6.54 Å². The van der Waals surface area contributed by atoms with E-state index in [-0.39, 0.29) is 23.3 Å². The van der Waals surface area contributed by atoms with Gasteiger partial charge >= 0.3 is 0 Å². The van der Waals surface area contributed by atoms with Gasteiger partial charge in [0.15, 0.2) is 0 Å². The number of carbonyl (C=O) groups is 2. The Morgan fingerprint density at radius 2 is 1.88 bits per heavy atom. The number of sulfonamides is 1. The molecule has 7 heteroatoms. The highest BCUT2D eigenvalue weighted by Crippen LogP contribution is 2.29. The third kappa shape index (κ3) is 3.71. The van der Waals surface area contributed by atoms with Crippen molar-refractivity contribution in [2.24, 2.45) is 5.92 Å². The molecule has 0 radical (unpaired) electrons. The number of nitrogens with zero attached hydrogens (tertiary/aromatic N) is 1. The molecule has 2 aliphatic rings. The molecule has 1 atom stereocenters. The van der Waals surface area contributed by atoms with E-state index in [9.17, 15) is 18.0 Å². The van der Waals surface area contributed by atoms with Crippen LogP contribution < -0.4 is 4.72 Å². The van der Waals surface area contributed by atoms with E-state index >= 15 is 0 Å². The van der Waals surface area contributed by atoms with E-state index in [0.29, 0.717) is 12.1 Å². The van der Waals surface area contributed by atoms with Gasteiger partial charge in [-0.1, -0.05) is 25.0 Å². The standard InChI is InChI=1S/C18H24N2O4S/c1-12-7-8-13(2)16(9-12)25(23,24)19-18(22)14-10-17(21)20(11-14)15-5-3-4-6-15/h7-9,14-15H,3-6,10-11H2,1-2H3,(H,19,22). The predicted octanol–water partition coefficient (Wildman–Crippen LogP) is 1.90. The molecule has 25 heavy (non-hydrogen) atoms. The van der Waals surface area contributed by atoms with Crippen molar-refractivity contribution >= 4 is 21.8 Å². The summed E-state index contributed by atoms with van der Waals surface area (Å²) in [7, 11) is -3.93. The predicted molar refractivity (Wildman–Crippen MR) is 93.3 cm³/mol. The monoisotopic (exact) mass is 364 g/mol. The van der Waals surface area contributed by atoms with E-state index in [1.165, 1.54) is 0 Å². The van der Waals surface area contributed by atoms with Gasteiger partial charge in [-0.2, -0.15) is 0 Å². The number of likely N-dealkylation sites (tertiary alicyclic amines) is 1. The molecule has 1 aliphatic heterocycles. The lowest BCUT2D eigenvalue weighted by Gasteiger charge is -2.23. The number of hydrogen-bond acceptors (Lipinski definition) is 4. The number of rotatable bonds is 4. The fourth-order valence-corrected chi connectivity index (χ4v) is 5.12. The van der Waals surface area contributed by atoms with Gasteiger partial charge in [0.25, 0.3) is 10.0 Å². The lowest BCUT2D eigenvalue weighted by atomic mass is 10.1. The molecular formula is C18H24N2O4S. The molecular weight excluding hydrogens is 340 g/mol. The second-order valence-corrected chi connectivity index (χ2v) is 8.77. The molecule has 0 spiro atoms. The van der Waals surface area contributed by atoms with E-state index in [0.717, 1.165) is 31.2 Å². The second kappa shape index (κ2) is 6.78. The number of amides is 2. The molecule has 136 valence electrons. The maximum Gasteiger partial charge on any atom is 0.264 e. The quantitative estimate of drug-likeness (QED) is 0.884. The Hall–Kier alpha value is -1.89. The van der Waals surface area contributed by atoms with Gasteiger partial charge in [0.2, 0.25) is 11.8 Å². The van der Waals surface area contributed by atoms with E-state index in [4.69, 9.17) is 0 Å². The SMILES string of the molecule is Cc1ccc(C)c(S(=O)(=O)NC(=O)C2CC(=O)N(C3CCCC3)C2)c1. The highest BCUT2D eigenvalue weighted by Gasteiger charge is 2.39. The van der Waals surface area contributed by atoms with Crippen molar-refractivity contribution in [3.8, 4) is 0 Å². The van der Waals surface area contributed by atoms with Crippen LogP contribution in [0.2, 0.25) is 0 Å². The largest absolute Gasteiger partial charge is 0.339 e. The zero-order chi connectivity index (χ0) is 18.2. The van der Waals surface area contributed by atoms with Crippen molar-refractivity contribution in [1.82, 2.24) is 9.62 Å². The number of carbonyl (C=O) groups excluding carboxylic acids is 2. The zero-order valence-corrected chi connectivity index (χ0v) is 15.4. The topological polar surface area (TPSA) is 83.5 Å². The van der Waals surface area contributed by atoms with Crippen LogP contribution in [0, 0.1) is 19.8 Å². The van der Waals surface area contributed by atoms with Crippen molar-refractivity contribution in [3.63, 3.8) is 0 Å². The van der Waals surface area contributed by atoms with Crippen LogP contribution in [0.15, 0.2) is 23.1 Å². The van der Waals surface area contributed by atoms with Crippen LogP contribution in [-0.2, 0) is 19.6 Å². The maximum absolute atomic E-state index is 12.6. The van der Waals surface area contributed by atoms with Crippen LogP contribution in [-0.4, -0.2) is 37.7 Å². The Morgan fingerprint density at radius 3 is 2.56 bits per heavy atom. The number of hydrogen-bond donors (Lipinski definition) is 1. The molecule has 1 saturated carbocycles. The Morgan fingerprint density at radius 1 is 1.20 bits per heavy atom. The maximum atomic E-state index is 12.6. The van der Waals surface area contributed by atoms with Gasteiger partial charge in [-0.25, -0.2) is 13.1 Å². The molecule has 1 heterocycles. The molecule has 1 aliphatic carbocycles. The van der Waals surface area contributed by atoms with E-state index < -0.39 is 21.8 Å². The van der Waals surface area contributed by atoms with Crippen LogP contribution >= 0.6 is 0 Å². The van der Waals surface area contributed by atoms with Crippen molar-refractivity contribution in [3.05, 3.63) is 29.3 Å². The van der Waals surface area contributed by atoms with Gasteiger partial charge in [0, 0.05) is 19.0 Å². The fraction of sp³-hybridized carbons (Fsp3) is 0.556. The van der Waals surface area contributed by atoms with Gasteiger partial charge < -0.3 is 4.90 Å². The van der Waals surface area contributed by atoms with Crippen molar-refractivity contribution < 1.29 is 18.0 Å². The molecule has 2 amide bonds. The van der Waals surface area contributed by atoms with Crippen molar-refractivity contribution in [1.29, 1.82) is 0 Å². The molecule has 3 rings (SSSR count). The summed E-state index contributed by atoms with van der Waals surface area (Å²) in [5, 5.41) is 0. The Bertz CT molecular complexity index is 797. The lowest BCUT2D eigenvalue weighted by molar-refractivity contribution is -0.130. The average molecular weight is 364 g/mol. The van der Waals surface area contributed by atoms with E-state index in [1.807, 2.05) is 6.07 Å². The molecule has 1 N–H and O–H groups in total. The first kappa shape index (κ1) is 17.9. The summed E-state index contributed by atoms with van der Waals surface area (Å²) < 4.78 is 27.3. The number of aryl methyl sites for hydroxylation is 2. The normalized spacial score (nSPS) is 21.8. The Labute approximate surface area is 148 Å². The minimum absolute atomic E-state index is 0.0452. The minimum Gasteiger partial charge on any atom is -0.339 e. The lowest BCUT2D eigenvalue weighted by Crippen LogP contribution is -2.39. The summed E-state index contributed by atoms with van der Waals surface area (Å²) in [6.07, 6.45) is 4.24. The van der Waals surface area contributed by atoms with E-state index in [1.54, 1.807) is 30.9 Å². The molecule has 6 nitrogen and oxygen atoms in total. The fourth-order valence-electron chi connectivity index (χ4n) is 3.74. The summed E-state index contributed by atoms with van der Waals surface area (Å²) in [6.45, 7) is 3.81. The average Bonchev–Trinajstić information content (AvgIpc) is 3.18. The summed E-state index contributed by atoms with van der Waals surface area (Å²) in [4.78, 5) is 26.5. The molecule has 0 aromatic heterocycles. The number of nitrogens with one attached hydrogen (secondary N) is 1. The molecule has 1 aromatic carbocycles. The minimum atomic E-state index is -3.93. The highest BCUT2D eigenvalue weighted by atomic mass is 32.2. The molecule has 1 saturated heterocycles. The summed E-state index contributed by atoms with van der Waals surface area (Å²) in [6, 6.07) is 5.30. The first-order valence-electron chi connectivity index (χ1n) is 8.71. The third-order valence-corrected chi connectivity index (χ3v) is 6.65. The van der Waals surface area contributed by atoms with Gasteiger partial charge in [0.05, 0.1) is 10.8 Å². The molecule has 0 bridgehead atoms. The third-order valence-electron chi connectivity index (χ3n) is 5.16. The van der Waals surface area contributed by atoms with Crippen LogP contribution in [0.3, 0.4) is 0 Å². The van der Waals surface area contributed by atoms with Crippen LogP contribution in [0.1, 0.15) is 43.2 Å². The number of benzene rings is 1. The smallest absolute Gasteiger partial charge is 0.264 e. The van der Waals surface area contributed by atoms with Crippen LogP contribution in [0.5, 0.6) is 0 Å². The van der Waals surface area contributed by atoms with Gasteiger partial charge in [-0.3, -0.25) is 9.59 Å². The Balaban J connectivity index is 1.71. The van der Waals surface area contributed by atoms with Crippen LogP contribution in [0.4, 0.5) is 0 Å². The summed E-state index contributed by atoms with van der Waals surface area (Å²) in [5.74, 6) is -1.24. The molecule has 1 unspecified atom stereocenters. The summed E-state index contributed by atoms with van der Waals surface area (Å²) in [5.41, 5.74) is 1.39. The molecule has 1 aromatic rings. The van der Waals surface area contributed by atoms with E-state index in [2.05, 4.69) is 4.72 Å². The highest BCUT2D eigenvalue weighted by molar-refractivity contribution is 7.90. The summed E-state index contributed by atoms with van der Waals surface area (Å²) >= 11 is 0. The first-order valence-corrected chi connectivity index (χ1v) is 10.2. The van der Waals surface area contributed by atoms with Gasteiger partial charge in [-0.05, 0) is 43.9 Å². The Kier molecular flexibility index (Phi) is 4.86. The molecule has 2 fully saturated rings. The first-order chi connectivity index (χ1) is 11.8. The zero-order valence-electron chi connectivity index (χ0n) is 14.6. The van der Waals surface area contributed by atoms with Crippen molar-refractivity contribution in [2.45, 2.75) is 56.9 Å². The van der Waals surface area contributed by atoms with Gasteiger partial charge in [-0.15, -0.1) is 0 Å². The van der Waals surface area contributed by atoms with Gasteiger partial charge in [0.1, 0.15) is 0 Å². The van der Waals surface area contributed by atoms with Crippen LogP contribution in [0.25, 0.3) is 0 Å². The second-order valence-electron chi connectivity index (χ2n) is 7.12.